The van der Waals surface area contributed by atoms with Crippen molar-refractivity contribution in [3.05, 3.63) is 54.9 Å². The van der Waals surface area contributed by atoms with Crippen LogP contribution in [-0.2, 0) is 7.05 Å². The number of aromatic nitrogens is 3. The maximum Gasteiger partial charge on any atom is 0.248 e. The molecule has 2 aromatic heterocycles. The van der Waals surface area contributed by atoms with Crippen LogP contribution in [0.15, 0.2) is 59.3 Å². The molecule has 0 aliphatic carbocycles. The summed E-state index contributed by atoms with van der Waals surface area (Å²) in [5.74, 6) is 1.08. The Labute approximate surface area is 105 Å². The molecule has 0 aliphatic rings. The standard InChI is InChI=1S/C14H12N3O/c1-17-9-7-12(8-10-17)14-16-15-13(18-14)11-5-3-2-4-6-11/h2-10H,1H3/q+1. The first-order valence-corrected chi connectivity index (χ1v) is 5.67. The molecule has 0 aliphatic heterocycles. The van der Waals surface area contributed by atoms with E-state index in [0.717, 1.165) is 11.1 Å². The second-order valence-corrected chi connectivity index (χ2v) is 4.03. The van der Waals surface area contributed by atoms with Crippen molar-refractivity contribution in [1.82, 2.24) is 10.2 Å². The lowest BCUT2D eigenvalue weighted by atomic mass is 10.2. The van der Waals surface area contributed by atoms with Gasteiger partial charge in [-0.05, 0) is 12.1 Å². The van der Waals surface area contributed by atoms with Gasteiger partial charge in [-0.1, -0.05) is 18.2 Å². The fourth-order valence-electron chi connectivity index (χ4n) is 1.68. The number of benzene rings is 1. The van der Waals surface area contributed by atoms with Crippen LogP contribution in [0.5, 0.6) is 0 Å². The van der Waals surface area contributed by atoms with E-state index in [-0.39, 0.29) is 0 Å². The number of rotatable bonds is 2. The van der Waals surface area contributed by atoms with Gasteiger partial charge in [-0.15, -0.1) is 10.2 Å². The quantitative estimate of drug-likeness (QED) is 0.643. The molecule has 0 saturated heterocycles. The molecule has 1 aromatic carbocycles. The molecule has 2 heterocycles. The van der Waals surface area contributed by atoms with Crippen LogP contribution < -0.4 is 4.57 Å². The first kappa shape index (κ1) is 10.7. The number of hydrogen-bond acceptors (Lipinski definition) is 3. The maximum absolute atomic E-state index is 5.66. The molecule has 4 heteroatoms. The summed E-state index contributed by atoms with van der Waals surface area (Å²) < 4.78 is 7.62. The van der Waals surface area contributed by atoms with Crippen LogP contribution >= 0.6 is 0 Å². The molecule has 88 valence electrons. The third-order valence-corrected chi connectivity index (χ3v) is 2.67. The second-order valence-electron chi connectivity index (χ2n) is 4.03. The summed E-state index contributed by atoms with van der Waals surface area (Å²) >= 11 is 0. The van der Waals surface area contributed by atoms with Crippen LogP contribution in [0.25, 0.3) is 22.9 Å². The molecule has 0 unspecified atom stereocenters. The van der Waals surface area contributed by atoms with Gasteiger partial charge < -0.3 is 4.42 Å². The summed E-state index contributed by atoms with van der Waals surface area (Å²) in [7, 11) is 1.97. The average Bonchev–Trinajstić information content (AvgIpc) is 2.90. The zero-order valence-electron chi connectivity index (χ0n) is 9.95. The van der Waals surface area contributed by atoms with E-state index in [1.165, 1.54) is 0 Å². The van der Waals surface area contributed by atoms with Gasteiger partial charge in [-0.25, -0.2) is 4.57 Å². The lowest BCUT2D eigenvalue weighted by Gasteiger charge is -1.93. The summed E-state index contributed by atoms with van der Waals surface area (Å²) in [4.78, 5) is 0. The monoisotopic (exact) mass is 238 g/mol. The Morgan fingerprint density at radius 1 is 0.833 bits per heavy atom. The lowest BCUT2D eigenvalue weighted by molar-refractivity contribution is -0.671. The van der Waals surface area contributed by atoms with Crippen LogP contribution in [0.4, 0.5) is 0 Å². The SMILES string of the molecule is C[n+]1ccc(-c2nnc(-c3ccccc3)o2)cc1. The van der Waals surface area contributed by atoms with E-state index >= 15 is 0 Å². The topological polar surface area (TPSA) is 42.8 Å². The van der Waals surface area contributed by atoms with Gasteiger partial charge in [0.25, 0.3) is 0 Å². The summed E-state index contributed by atoms with van der Waals surface area (Å²) in [6.45, 7) is 0. The van der Waals surface area contributed by atoms with E-state index in [1.807, 2.05) is 66.5 Å². The minimum absolute atomic E-state index is 0.537. The van der Waals surface area contributed by atoms with Crippen molar-refractivity contribution in [1.29, 1.82) is 0 Å². The second kappa shape index (κ2) is 4.41. The van der Waals surface area contributed by atoms with Gasteiger partial charge in [-0.2, -0.15) is 0 Å². The molecule has 3 aromatic rings. The highest BCUT2D eigenvalue weighted by molar-refractivity contribution is 5.56. The normalized spacial score (nSPS) is 10.5. The minimum atomic E-state index is 0.537. The molecule has 0 bridgehead atoms. The first-order valence-electron chi connectivity index (χ1n) is 5.67. The molecule has 0 amide bonds. The number of aryl methyl sites for hydroxylation is 1. The van der Waals surface area contributed by atoms with Crippen LogP contribution in [0.2, 0.25) is 0 Å². The van der Waals surface area contributed by atoms with Gasteiger partial charge in [0.15, 0.2) is 12.4 Å². The Balaban J connectivity index is 1.97. The van der Waals surface area contributed by atoms with Crippen molar-refractivity contribution < 1.29 is 8.98 Å². The Hall–Kier alpha value is -2.49. The summed E-state index contributed by atoms with van der Waals surface area (Å²) in [5.41, 5.74) is 1.85. The van der Waals surface area contributed by atoms with Crippen LogP contribution in [-0.4, -0.2) is 10.2 Å². The largest absolute Gasteiger partial charge is 0.416 e. The molecule has 0 fully saturated rings. The zero-order valence-corrected chi connectivity index (χ0v) is 9.95. The van der Waals surface area contributed by atoms with Crippen LogP contribution in [0, 0.1) is 0 Å². The smallest absolute Gasteiger partial charge is 0.248 e. The molecule has 0 atom stereocenters. The fraction of sp³-hybridized carbons (Fsp3) is 0.0714. The number of pyridine rings is 1. The van der Waals surface area contributed by atoms with Gasteiger partial charge in [0.05, 0.1) is 5.56 Å². The molecule has 0 radical (unpaired) electrons. The van der Waals surface area contributed by atoms with Crippen molar-refractivity contribution in [3.63, 3.8) is 0 Å². The highest BCUT2D eigenvalue weighted by Gasteiger charge is 2.10. The van der Waals surface area contributed by atoms with Gasteiger partial charge in [0.2, 0.25) is 11.8 Å². The first-order chi connectivity index (χ1) is 8.83. The lowest BCUT2D eigenvalue weighted by Crippen LogP contribution is -2.25. The van der Waals surface area contributed by atoms with Crippen molar-refractivity contribution >= 4 is 0 Å². The van der Waals surface area contributed by atoms with Crippen molar-refractivity contribution in [3.8, 4) is 22.9 Å². The van der Waals surface area contributed by atoms with E-state index in [4.69, 9.17) is 4.42 Å². The molecular formula is C14H12N3O+. The van der Waals surface area contributed by atoms with Gasteiger partial charge in [0.1, 0.15) is 7.05 Å². The van der Waals surface area contributed by atoms with Crippen LogP contribution in [0.1, 0.15) is 0 Å². The van der Waals surface area contributed by atoms with Crippen molar-refractivity contribution in [2.75, 3.05) is 0 Å². The Morgan fingerprint density at radius 2 is 1.39 bits per heavy atom. The molecule has 3 rings (SSSR count). The highest BCUT2D eigenvalue weighted by atomic mass is 16.4. The van der Waals surface area contributed by atoms with Gasteiger partial charge in [-0.3, -0.25) is 0 Å². The number of hydrogen-bond donors (Lipinski definition) is 0. The zero-order chi connectivity index (χ0) is 12.4. The molecular weight excluding hydrogens is 226 g/mol. The van der Waals surface area contributed by atoms with E-state index in [0.29, 0.717) is 11.8 Å². The highest BCUT2D eigenvalue weighted by Crippen LogP contribution is 2.22. The van der Waals surface area contributed by atoms with E-state index in [9.17, 15) is 0 Å². The summed E-state index contributed by atoms with van der Waals surface area (Å²) in [6.07, 6.45) is 3.89. The summed E-state index contributed by atoms with van der Waals surface area (Å²) in [5, 5.41) is 8.13. The molecule has 0 spiro atoms. The Morgan fingerprint density at radius 3 is 2.00 bits per heavy atom. The third kappa shape index (κ3) is 2.00. The maximum atomic E-state index is 5.66. The minimum Gasteiger partial charge on any atom is -0.416 e. The molecule has 0 saturated carbocycles. The molecule has 18 heavy (non-hydrogen) atoms. The van der Waals surface area contributed by atoms with E-state index in [1.54, 1.807) is 0 Å². The molecule has 0 N–H and O–H groups in total. The van der Waals surface area contributed by atoms with E-state index in [2.05, 4.69) is 10.2 Å². The van der Waals surface area contributed by atoms with Gasteiger partial charge in [0, 0.05) is 17.7 Å². The predicted molar refractivity (Wildman–Crippen MR) is 66.3 cm³/mol. The van der Waals surface area contributed by atoms with Crippen molar-refractivity contribution in [2.24, 2.45) is 7.05 Å². The van der Waals surface area contributed by atoms with Crippen molar-refractivity contribution in [2.45, 2.75) is 0 Å². The van der Waals surface area contributed by atoms with Crippen LogP contribution in [0.3, 0.4) is 0 Å². The average molecular weight is 238 g/mol. The van der Waals surface area contributed by atoms with E-state index < -0.39 is 0 Å². The predicted octanol–water partition coefficient (Wildman–Crippen LogP) is 2.23. The Kier molecular flexibility index (Phi) is 2.61. The Bertz CT molecular complexity index is 644. The molecule has 4 nitrogen and oxygen atoms in total. The third-order valence-electron chi connectivity index (χ3n) is 2.67. The number of nitrogens with zero attached hydrogens (tertiary/aromatic N) is 3. The van der Waals surface area contributed by atoms with Gasteiger partial charge >= 0.3 is 0 Å². The summed E-state index contributed by atoms with van der Waals surface area (Å²) in [6, 6.07) is 13.6. The fourth-order valence-corrected chi connectivity index (χ4v) is 1.68.